The van der Waals surface area contributed by atoms with E-state index < -0.39 is 11.6 Å². The molecule has 3 N–H and O–H groups in total. The van der Waals surface area contributed by atoms with Crippen LogP contribution in [-0.4, -0.2) is 40.3 Å². The summed E-state index contributed by atoms with van der Waals surface area (Å²) >= 11 is 0. The standard InChI is InChI=1S/C17H19N3O3/c1-20(16(21)22)17(5-6-17)11-23-15-8-13(9-19-10-15)12-3-2-4-14(18)7-12/h2-4,7-10H,5-6,11,18H2,1H3,(H,21,22). The van der Waals surface area contributed by atoms with Gasteiger partial charge in [-0.05, 0) is 36.6 Å². The van der Waals surface area contributed by atoms with Gasteiger partial charge in [-0.15, -0.1) is 0 Å². The molecule has 0 atom stereocenters. The summed E-state index contributed by atoms with van der Waals surface area (Å²) in [6, 6.07) is 9.44. The summed E-state index contributed by atoms with van der Waals surface area (Å²) < 4.78 is 5.80. The van der Waals surface area contributed by atoms with E-state index >= 15 is 0 Å². The van der Waals surface area contributed by atoms with Crippen molar-refractivity contribution in [2.24, 2.45) is 0 Å². The Hall–Kier alpha value is -2.76. The molecular formula is C17H19N3O3. The molecule has 1 fully saturated rings. The van der Waals surface area contributed by atoms with Crippen molar-refractivity contribution in [1.29, 1.82) is 0 Å². The zero-order valence-corrected chi connectivity index (χ0v) is 12.9. The van der Waals surface area contributed by atoms with E-state index in [0.717, 1.165) is 24.0 Å². The van der Waals surface area contributed by atoms with E-state index in [1.165, 1.54) is 4.90 Å². The number of hydrogen-bond acceptors (Lipinski definition) is 4. The van der Waals surface area contributed by atoms with E-state index in [1.807, 2.05) is 30.3 Å². The molecule has 1 aliphatic carbocycles. The van der Waals surface area contributed by atoms with Gasteiger partial charge < -0.3 is 20.5 Å². The number of carbonyl (C=O) groups is 1. The molecule has 1 aromatic carbocycles. The lowest BCUT2D eigenvalue weighted by Crippen LogP contribution is -2.42. The van der Waals surface area contributed by atoms with E-state index in [2.05, 4.69) is 4.98 Å². The monoisotopic (exact) mass is 313 g/mol. The van der Waals surface area contributed by atoms with Gasteiger partial charge in [0, 0.05) is 24.5 Å². The first-order chi connectivity index (χ1) is 11.0. The van der Waals surface area contributed by atoms with E-state index in [0.29, 0.717) is 18.0 Å². The molecular weight excluding hydrogens is 294 g/mol. The Balaban J connectivity index is 1.73. The lowest BCUT2D eigenvalue weighted by atomic mass is 10.1. The van der Waals surface area contributed by atoms with Crippen LogP contribution in [0.2, 0.25) is 0 Å². The summed E-state index contributed by atoms with van der Waals surface area (Å²) in [6.45, 7) is 0.331. The maximum Gasteiger partial charge on any atom is 0.407 e. The zero-order valence-electron chi connectivity index (χ0n) is 12.9. The molecule has 0 radical (unpaired) electrons. The first-order valence-corrected chi connectivity index (χ1v) is 7.41. The highest BCUT2D eigenvalue weighted by Crippen LogP contribution is 2.41. The summed E-state index contributed by atoms with van der Waals surface area (Å²) in [7, 11) is 1.58. The highest BCUT2D eigenvalue weighted by atomic mass is 16.5. The van der Waals surface area contributed by atoms with Crippen LogP contribution in [0.5, 0.6) is 5.75 Å². The molecule has 0 spiro atoms. The van der Waals surface area contributed by atoms with Crippen molar-refractivity contribution in [3.8, 4) is 16.9 Å². The fourth-order valence-corrected chi connectivity index (χ4v) is 2.52. The average Bonchev–Trinajstić information content (AvgIpc) is 3.33. The first kappa shape index (κ1) is 15.1. The Morgan fingerprint density at radius 3 is 2.78 bits per heavy atom. The van der Waals surface area contributed by atoms with Crippen LogP contribution in [0.1, 0.15) is 12.8 Å². The third-order valence-electron chi connectivity index (χ3n) is 4.27. The minimum Gasteiger partial charge on any atom is -0.490 e. The van der Waals surface area contributed by atoms with Crippen LogP contribution in [0.15, 0.2) is 42.7 Å². The second kappa shape index (κ2) is 5.79. The summed E-state index contributed by atoms with van der Waals surface area (Å²) in [5.41, 5.74) is 7.96. The van der Waals surface area contributed by atoms with Gasteiger partial charge in [-0.3, -0.25) is 4.98 Å². The number of likely N-dealkylation sites (N-methyl/N-ethyl adjacent to an activating group) is 1. The van der Waals surface area contributed by atoms with Crippen LogP contribution in [0, 0.1) is 0 Å². The van der Waals surface area contributed by atoms with Crippen LogP contribution in [0.4, 0.5) is 10.5 Å². The maximum absolute atomic E-state index is 11.1. The largest absolute Gasteiger partial charge is 0.490 e. The molecule has 120 valence electrons. The SMILES string of the molecule is CN(C(=O)O)C1(COc2cncc(-c3cccc(N)c3)c2)CC1. The third kappa shape index (κ3) is 3.21. The lowest BCUT2D eigenvalue weighted by Gasteiger charge is -2.25. The van der Waals surface area contributed by atoms with Crippen LogP contribution < -0.4 is 10.5 Å². The number of rotatable bonds is 5. The van der Waals surface area contributed by atoms with Crippen molar-refractivity contribution in [2.75, 3.05) is 19.4 Å². The smallest absolute Gasteiger partial charge is 0.407 e. The van der Waals surface area contributed by atoms with Crippen molar-refractivity contribution in [3.63, 3.8) is 0 Å². The van der Waals surface area contributed by atoms with Gasteiger partial charge in [-0.2, -0.15) is 0 Å². The Kier molecular flexibility index (Phi) is 3.82. The molecule has 23 heavy (non-hydrogen) atoms. The fourth-order valence-electron chi connectivity index (χ4n) is 2.52. The molecule has 3 rings (SSSR count). The summed E-state index contributed by atoms with van der Waals surface area (Å²) in [4.78, 5) is 16.6. The van der Waals surface area contributed by atoms with Crippen LogP contribution in [0.25, 0.3) is 11.1 Å². The number of amides is 1. The number of nitrogens with two attached hydrogens (primary N) is 1. The Bertz CT molecular complexity index is 729. The van der Waals surface area contributed by atoms with Crippen molar-refractivity contribution in [3.05, 3.63) is 42.7 Å². The number of aromatic nitrogens is 1. The van der Waals surface area contributed by atoms with Crippen molar-refractivity contribution >= 4 is 11.8 Å². The molecule has 1 heterocycles. The van der Waals surface area contributed by atoms with E-state index in [9.17, 15) is 4.79 Å². The fraction of sp³-hybridized carbons (Fsp3) is 0.294. The van der Waals surface area contributed by atoms with E-state index in [-0.39, 0.29) is 0 Å². The minimum absolute atomic E-state index is 0.331. The van der Waals surface area contributed by atoms with Gasteiger partial charge in [-0.25, -0.2) is 4.79 Å². The summed E-state index contributed by atoms with van der Waals surface area (Å²) in [6.07, 6.45) is 4.08. The minimum atomic E-state index is -0.933. The molecule has 0 saturated heterocycles. The number of nitrogen functional groups attached to an aromatic ring is 1. The quantitative estimate of drug-likeness (QED) is 0.829. The normalized spacial score (nSPS) is 15.0. The number of pyridine rings is 1. The van der Waals surface area contributed by atoms with Gasteiger partial charge in [0.1, 0.15) is 12.4 Å². The number of anilines is 1. The van der Waals surface area contributed by atoms with Crippen molar-refractivity contribution in [2.45, 2.75) is 18.4 Å². The summed E-state index contributed by atoms with van der Waals surface area (Å²) in [5.74, 6) is 0.620. The molecule has 1 aliphatic rings. The number of nitrogens with zero attached hydrogens (tertiary/aromatic N) is 2. The zero-order chi connectivity index (χ0) is 16.4. The number of carboxylic acid groups (broad SMARTS) is 1. The molecule has 6 heteroatoms. The molecule has 1 amide bonds. The van der Waals surface area contributed by atoms with E-state index in [4.69, 9.17) is 15.6 Å². The lowest BCUT2D eigenvalue weighted by molar-refractivity contribution is 0.109. The number of ether oxygens (including phenoxy) is 1. The molecule has 0 unspecified atom stereocenters. The van der Waals surface area contributed by atoms with E-state index in [1.54, 1.807) is 19.4 Å². The van der Waals surface area contributed by atoms with Crippen LogP contribution in [-0.2, 0) is 0 Å². The van der Waals surface area contributed by atoms with Gasteiger partial charge >= 0.3 is 6.09 Å². The molecule has 1 aromatic heterocycles. The molecule has 2 aromatic rings. The van der Waals surface area contributed by atoms with Gasteiger partial charge in [0.05, 0.1) is 11.7 Å². The Morgan fingerprint density at radius 2 is 2.13 bits per heavy atom. The molecule has 1 saturated carbocycles. The van der Waals surface area contributed by atoms with Gasteiger partial charge in [0.25, 0.3) is 0 Å². The van der Waals surface area contributed by atoms with Crippen LogP contribution in [0.3, 0.4) is 0 Å². The molecule has 0 aliphatic heterocycles. The Labute approximate surface area is 134 Å². The average molecular weight is 313 g/mol. The third-order valence-corrected chi connectivity index (χ3v) is 4.27. The molecule has 6 nitrogen and oxygen atoms in total. The Morgan fingerprint density at radius 1 is 1.35 bits per heavy atom. The van der Waals surface area contributed by atoms with Crippen molar-refractivity contribution in [1.82, 2.24) is 9.88 Å². The highest BCUT2D eigenvalue weighted by molar-refractivity contribution is 5.68. The second-order valence-corrected chi connectivity index (χ2v) is 5.89. The number of hydrogen-bond donors (Lipinski definition) is 2. The topological polar surface area (TPSA) is 88.7 Å². The predicted octanol–water partition coefficient (Wildman–Crippen LogP) is 2.85. The predicted molar refractivity (Wildman–Crippen MR) is 87.3 cm³/mol. The first-order valence-electron chi connectivity index (χ1n) is 7.41. The van der Waals surface area contributed by atoms with Gasteiger partial charge in [0.15, 0.2) is 0 Å². The molecule has 0 bridgehead atoms. The second-order valence-electron chi connectivity index (χ2n) is 5.89. The number of benzene rings is 1. The van der Waals surface area contributed by atoms with Crippen molar-refractivity contribution < 1.29 is 14.6 Å². The van der Waals surface area contributed by atoms with Gasteiger partial charge in [0.2, 0.25) is 0 Å². The summed E-state index contributed by atoms with van der Waals surface area (Å²) in [5, 5.41) is 9.12. The van der Waals surface area contributed by atoms with Gasteiger partial charge in [-0.1, -0.05) is 12.1 Å². The maximum atomic E-state index is 11.1. The highest BCUT2D eigenvalue weighted by Gasteiger charge is 2.49. The van der Waals surface area contributed by atoms with Crippen LogP contribution >= 0.6 is 0 Å².